The van der Waals surface area contributed by atoms with Gasteiger partial charge in [-0.2, -0.15) is 13.2 Å². The largest absolute Gasteiger partial charge is 0.416 e. The second-order valence-electron chi connectivity index (χ2n) is 8.08. The second kappa shape index (κ2) is 9.07. The Morgan fingerprint density at radius 1 is 1.19 bits per heavy atom. The third-order valence-corrected chi connectivity index (χ3v) is 5.83. The Balaban J connectivity index is 1.57. The molecule has 0 bridgehead atoms. The fourth-order valence-corrected chi connectivity index (χ4v) is 4.10. The van der Waals surface area contributed by atoms with Crippen LogP contribution in [0.25, 0.3) is 11.6 Å². The normalized spacial score (nSPS) is 16.9. The van der Waals surface area contributed by atoms with Crippen LogP contribution in [0.5, 0.6) is 0 Å². The molecule has 166 valence electrons. The molecule has 0 saturated carbocycles. The number of amides is 1. The summed E-state index contributed by atoms with van der Waals surface area (Å²) in [5.41, 5.74) is 5.38. The van der Waals surface area contributed by atoms with Gasteiger partial charge in [0.25, 0.3) is 0 Å². The smallest absolute Gasteiger partial charge is 0.385 e. The molecule has 6 heteroatoms. The Bertz CT molecular complexity index is 1130. The Morgan fingerprint density at radius 3 is 2.81 bits per heavy atom. The van der Waals surface area contributed by atoms with Gasteiger partial charge in [-0.15, -0.1) is 0 Å². The van der Waals surface area contributed by atoms with Gasteiger partial charge in [-0.1, -0.05) is 42.9 Å². The van der Waals surface area contributed by atoms with E-state index in [9.17, 15) is 18.0 Å². The second-order valence-corrected chi connectivity index (χ2v) is 8.08. The maximum Gasteiger partial charge on any atom is 0.416 e. The van der Waals surface area contributed by atoms with Gasteiger partial charge in [-0.3, -0.25) is 4.79 Å². The molecule has 0 fully saturated rings. The van der Waals surface area contributed by atoms with Crippen molar-refractivity contribution in [2.75, 3.05) is 17.2 Å². The maximum absolute atomic E-state index is 13.1. The molecule has 0 unspecified atom stereocenters. The van der Waals surface area contributed by atoms with Crippen molar-refractivity contribution in [2.24, 2.45) is 0 Å². The monoisotopic (exact) mass is 438 g/mol. The van der Waals surface area contributed by atoms with Crippen molar-refractivity contribution in [3.63, 3.8) is 0 Å². The molecule has 2 aromatic rings. The number of rotatable bonds is 3. The number of alkyl halides is 3. The molecule has 1 aliphatic heterocycles. The van der Waals surface area contributed by atoms with Gasteiger partial charge >= 0.3 is 6.18 Å². The topological polar surface area (TPSA) is 41.1 Å². The van der Waals surface area contributed by atoms with Gasteiger partial charge in [0.15, 0.2) is 0 Å². The minimum atomic E-state index is -4.41. The van der Waals surface area contributed by atoms with E-state index in [-0.39, 0.29) is 5.91 Å². The Hall–Kier alpha value is -3.28. The average Bonchev–Trinajstić information content (AvgIpc) is 3.08. The molecule has 4 rings (SSSR count). The van der Waals surface area contributed by atoms with E-state index in [2.05, 4.69) is 35.8 Å². The number of anilines is 2. The number of carbonyl (C=O) groups excluding carboxylic acids is 1. The summed E-state index contributed by atoms with van der Waals surface area (Å²) >= 11 is 0. The number of benzene rings is 2. The number of allylic oxidation sites excluding steroid dienone is 4. The highest BCUT2D eigenvalue weighted by atomic mass is 19.4. The van der Waals surface area contributed by atoms with E-state index in [1.165, 1.54) is 17.7 Å². The Labute approximate surface area is 185 Å². The molecular formula is C26H25F3N2O. The number of halogens is 3. The van der Waals surface area contributed by atoms with Crippen LogP contribution in [0.3, 0.4) is 0 Å². The van der Waals surface area contributed by atoms with Crippen LogP contribution >= 0.6 is 0 Å². The molecule has 0 spiro atoms. The van der Waals surface area contributed by atoms with Crippen molar-refractivity contribution in [3.8, 4) is 0 Å². The van der Waals surface area contributed by atoms with Gasteiger partial charge in [-0.05, 0) is 66.6 Å². The standard InChI is InChI=1S/C26H25F3N2O/c1-2-17-5-3-6-18-8-10-22(14-20(18)13-17)31-25(32)15-19-7-4-12-30-24-16-21(26(27,28)29)9-11-23(19)24/h3,5-6,8-11,14-16,30H,2,4,7,12-13H2,1H3,(H,31,32)/b19-15+. The van der Waals surface area contributed by atoms with Gasteiger partial charge in [0, 0.05) is 29.6 Å². The predicted molar refractivity (Wildman–Crippen MR) is 123 cm³/mol. The molecule has 32 heavy (non-hydrogen) atoms. The van der Waals surface area contributed by atoms with Crippen molar-refractivity contribution in [1.29, 1.82) is 0 Å². The Kier molecular flexibility index (Phi) is 6.21. The summed E-state index contributed by atoms with van der Waals surface area (Å²) in [6, 6.07) is 9.48. The quantitative estimate of drug-likeness (QED) is 0.515. The van der Waals surface area contributed by atoms with Crippen molar-refractivity contribution in [2.45, 2.75) is 38.8 Å². The van der Waals surface area contributed by atoms with Gasteiger partial charge in [0.2, 0.25) is 5.91 Å². The van der Waals surface area contributed by atoms with Crippen molar-refractivity contribution < 1.29 is 18.0 Å². The predicted octanol–water partition coefficient (Wildman–Crippen LogP) is 6.84. The lowest BCUT2D eigenvalue weighted by Gasteiger charge is -2.14. The minimum absolute atomic E-state index is 0.289. The van der Waals surface area contributed by atoms with Crippen LogP contribution in [-0.2, 0) is 17.4 Å². The van der Waals surface area contributed by atoms with Crippen LogP contribution in [0.1, 0.15) is 48.4 Å². The van der Waals surface area contributed by atoms with E-state index in [0.717, 1.165) is 48.1 Å². The van der Waals surface area contributed by atoms with Crippen molar-refractivity contribution in [3.05, 3.63) is 82.5 Å². The van der Waals surface area contributed by atoms with Gasteiger partial charge in [0.05, 0.1) is 5.56 Å². The molecule has 0 saturated heterocycles. The van der Waals surface area contributed by atoms with Crippen LogP contribution in [0.2, 0.25) is 0 Å². The molecule has 3 nitrogen and oxygen atoms in total. The molecule has 1 aliphatic carbocycles. The fourth-order valence-electron chi connectivity index (χ4n) is 4.10. The minimum Gasteiger partial charge on any atom is -0.385 e. The van der Waals surface area contributed by atoms with Gasteiger partial charge < -0.3 is 10.6 Å². The SMILES string of the molecule is CCC1=CC=Cc2ccc(NC(=O)/C=C3\CCCNc4cc(C(F)(F)F)ccc43)cc2C1. The van der Waals surface area contributed by atoms with E-state index in [0.29, 0.717) is 29.9 Å². The summed E-state index contributed by atoms with van der Waals surface area (Å²) in [4.78, 5) is 12.8. The molecule has 1 heterocycles. The first kappa shape index (κ1) is 21.9. The summed E-state index contributed by atoms with van der Waals surface area (Å²) in [5.74, 6) is -0.289. The number of hydrogen-bond acceptors (Lipinski definition) is 2. The van der Waals surface area contributed by atoms with E-state index in [4.69, 9.17) is 0 Å². The first-order chi connectivity index (χ1) is 15.3. The molecule has 1 amide bonds. The van der Waals surface area contributed by atoms with Gasteiger partial charge in [0.1, 0.15) is 0 Å². The molecule has 2 aromatic carbocycles. The summed E-state index contributed by atoms with van der Waals surface area (Å²) in [5, 5.41) is 5.98. The molecule has 2 N–H and O–H groups in total. The number of hydrogen-bond donors (Lipinski definition) is 2. The maximum atomic E-state index is 13.1. The summed E-state index contributed by atoms with van der Waals surface area (Å²) < 4.78 is 39.3. The molecular weight excluding hydrogens is 413 g/mol. The number of fused-ring (bicyclic) bond motifs is 2. The lowest BCUT2D eigenvalue weighted by atomic mass is 9.98. The average molecular weight is 438 g/mol. The molecule has 0 radical (unpaired) electrons. The number of carbonyl (C=O) groups is 1. The zero-order chi connectivity index (χ0) is 22.7. The first-order valence-electron chi connectivity index (χ1n) is 10.8. The highest BCUT2D eigenvalue weighted by Crippen LogP contribution is 2.36. The van der Waals surface area contributed by atoms with E-state index < -0.39 is 11.7 Å². The highest BCUT2D eigenvalue weighted by Gasteiger charge is 2.31. The van der Waals surface area contributed by atoms with E-state index in [1.54, 1.807) is 0 Å². The third-order valence-electron chi connectivity index (χ3n) is 5.83. The lowest BCUT2D eigenvalue weighted by molar-refractivity contribution is -0.137. The third kappa shape index (κ3) is 4.96. The van der Waals surface area contributed by atoms with Gasteiger partial charge in [-0.25, -0.2) is 0 Å². The zero-order valence-electron chi connectivity index (χ0n) is 17.9. The first-order valence-corrected chi connectivity index (χ1v) is 10.8. The van der Waals surface area contributed by atoms with E-state index >= 15 is 0 Å². The summed E-state index contributed by atoms with van der Waals surface area (Å²) in [7, 11) is 0. The van der Waals surface area contributed by atoms with Crippen molar-refractivity contribution in [1.82, 2.24) is 0 Å². The Morgan fingerprint density at radius 2 is 2.03 bits per heavy atom. The molecule has 0 aromatic heterocycles. The van der Waals surface area contributed by atoms with Crippen molar-refractivity contribution >= 4 is 28.9 Å². The van der Waals surface area contributed by atoms with Crippen LogP contribution in [-0.4, -0.2) is 12.5 Å². The van der Waals surface area contributed by atoms with Crippen LogP contribution in [0.15, 0.2) is 60.2 Å². The number of nitrogens with one attached hydrogen (secondary N) is 2. The summed E-state index contributed by atoms with van der Waals surface area (Å²) in [6.45, 7) is 2.68. The highest BCUT2D eigenvalue weighted by molar-refractivity contribution is 6.05. The van der Waals surface area contributed by atoms with Crippen LogP contribution in [0.4, 0.5) is 24.5 Å². The molecule has 2 aliphatic rings. The zero-order valence-corrected chi connectivity index (χ0v) is 17.9. The van der Waals surface area contributed by atoms with Crippen LogP contribution in [0, 0.1) is 0 Å². The fraction of sp³-hybridized carbons (Fsp3) is 0.269. The van der Waals surface area contributed by atoms with E-state index in [1.807, 2.05) is 18.2 Å². The lowest BCUT2D eigenvalue weighted by Crippen LogP contribution is -2.10. The van der Waals surface area contributed by atoms with Crippen LogP contribution < -0.4 is 10.6 Å². The molecule has 0 atom stereocenters. The summed E-state index contributed by atoms with van der Waals surface area (Å²) in [6.07, 6.45) is 6.49.